The molecule has 2 aromatic rings. The summed E-state index contributed by atoms with van der Waals surface area (Å²) in [6.45, 7) is 0.778. The van der Waals surface area contributed by atoms with Gasteiger partial charge in [0.2, 0.25) is 11.8 Å². The SMILES string of the molecule is O=C(CN1C(=O)N(CCc2ccccc2)C(=O)C2NCCCC21)Nc1ccc(F)cc1. The zero-order valence-electron chi connectivity index (χ0n) is 17.1. The summed E-state index contributed by atoms with van der Waals surface area (Å²) >= 11 is 0. The Balaban J connectivity index is 1.48. The molecule has 2 aliphatic rings. The van der Waals surface area contributed by atoms with E-state index in [0.29, 0.717) is 25.1 Å². The molecule has 8 heteroatoms. The minimum atomic E-state index is -0.513. The lowest BCUT2D eigenvalue weighted by Crippen LogP contribution is -2.70. The molecule has 0 saturated carbocycles. The fraction of sp³-hybridized carbons (Fsp3) is 0.348. The molecule has 2 saturated heterocycles. The van der Waals surface area contributed by atoms with Gasteiger partial charge >= 0.3 is 6.03 Å². The zero-order valence-corrected chi connectivity index (χ0v) is 17.1. The van der Waals surface area contributed by atoms with Gasteiger partial charge in [0.25, 0.3) is 0 Å². The number of imide groups is 1. The predicted octanol–water partition coefficient (Wildman–Crippen LogP) is 2.39. The van der Waals surface area contributed by atoms with E-state index in [1.165, 1.54) is 34.1 Å². The molecule has 7 nitrogen and oxygen atoms in total. The van der Waals surface area contributed by atoms with Gasteiger partial charge in [-0.05, 0) is 55.6 Å². The normalized spacial score (nSPS) is 21.1. The molecule has 0 bridgehead atoms. The van der Waals surface area contributed by atoms with E-state index in [1.54, 1.807) is 0 Å². The van der Waals surface area contributed by atoms with Crippen molar-refractivity contribution in [3.63, 3.8) is 0 Å². The molecule has 4 rings (SSSR count). The van der Waals surface area contributed by atoms with Crippen molar-refractivity contribution in [3.05, 3.63) is 66.0 Å². The monoisotopic (exact) mass is 424 g/mol. The van der Waals surface area contributed by atoms with Gasteiger partial charge in [0.05, 0.1) is 6.04 Å². The minimum absolute atomic E-state index is 0.172. The number of piperidine rings is 1. The molecule has 2 N–H and O–H groups in total. The summed E-state index contributed by atoms with van der Waals surface area (Å²) in [4.78, 5) is 41.6. The number of carbonyl (C=O) groups is 3. The van der Waals surface area contributed by atoms with E-state index in [2.05, 4.69) is 10.6 Å². The minimum Gasteiger partial charge on any atom is -0.325 e. The van der Waals surface area contributed by atoms with Crippen molar-refractivity contribution in [2.24, 2.45) is 0 Å². The van der Waals surface area contributed by atoms with Crippen molar-refractivity contribution in [1.82, 2.24) is 15.1 Å². The predicted molar refractivity (Wildman–Crippen MR) is 114 cm³/mol. The van der Waals surface area contributed by atoms with Gasteiger partial charge in [0.1, 0.15) is 18.4 Å². The highest BCUT2D eigenvalue weighted by atomic mass is 19.1. The first-order valence-corrected chi connectivity index (χ1v) is 10.5. The van der Waals surface area contributed by atoms with Gasteiger partial charge in [0, 0.05) is 12.2 Å². The van der Waals surface area contributed by atoms with Crippen LogP contribution in [0.3, 0.4) is 0 Å². The first kappa shape index (κ1) is 21.0. The second-order valence-electron chi connectivity index (χ2n) is 7.83. The summed E-state index contributed by atoms with van der Waals surface area (Å²) in [5.41, 5.74) is 1.48. The van der Waals surface area contributed by atoms with Gasteiger partial charge in [-0.15, -0.1) is 0 Å². The van der Waals surface area contributed by atoms with E-state index in [-0.39, 0.29) is 30.9 Å². The Morgan fingerprint density at radius 3 is 2.58 bits per heavy atom. The van der Waals surface area contributed by atoms with E-state index in [0.717, 1.165) is 12.0 Å². The molecule has 2 aromatic carbocycles. The van der Waals surface area contributed by atoms with Gasteiger partial charge in [0.15, 0.2) is 0 Å². The number of carbonyl (C=O) groups excluding carboxylic acids is 3. The molecule has 162 valence electrons. The number of halogens is 1. The molecule has 2 unspecified atom stereocenters. The fourth-order valence-electron chi connectivity index (χ4n) is 4.18. The number of nitrogens with one attached hydrogen (secondary N) is 2. The Morgan fingerprint density at radius 2 is 1.84 bits per heavy atom. The maximum atomic E-state index is 13.2. The summed E-state index contributed by atoms with van der Waals surface area (Å²) in [6.07, 6.45) is 2.03. The standard InChI is InChI=1S/C23H25FN4O3/c24-17-8-10-18(11-9-17)26-20(29)15-28-19-7-4-13-25-21(19)22(30)27(23(28)31)14-12-16-5-2-1-3-6-16/h1-3,5-6,8-11,19,21,25H,4,7,12-15H2,(H,26,29). The molecule has 4 amide bonds. The van der Waals surface area contributed by atoms with Gasteiger partial charge in [-0.3, -0.25) is 14.5 Å². The van der Waals surface area contributed by atoms with E-state index in [9.17, 15) is 18.8 Å². The van der Waals surface area contributed by atoms with Gasteiger partial charge in [-0.25, -0.2) is 9.18 Å². The number of urea groups is 1. The van der Waals surface area contributed by atoms with Crippen molar-refractivity contribution in [2.75, 3.05) is 25.0 Å². The Kier molecular flexibility index (Phi) is 6.27. The average Bonchev–Trinajstić information content (AvgIpc) is 2.79. The maximum absolute atomic E-state index is 13.2. The number of benzene rings is 2. The highest BCUT2D eigenvalue weighted by Crippen LogP contribution is 2.25. The molecular weight excluding hydrogens is 399 g/mol. The van der Waals surface area contributed by atoms with Crippen LogP contribution in [0.2, 0.25) is 0 Å². The summed E-state index contributed by atoms with van der Waals surface area (Å²) in [7, 11) is 0. The third-order valence-corrected chi connectivity index (χ3v) is 5.74. The van der Waals surface area contributed by atoms with E-state index < -0.39 is 17.9 Å². The summed E-state index contributed by atoms with van der Waals surface area (Å²) < 4.78 is 13.1. The molecule has 0 aromatic heterocycles. The van der Waals surface area contributed by atoms with Crippen LogP contribution in [0, 0.1) is 5.82 Å². The topological polar surface area (TPSA) is 81.8 Å². The van der Waals surface area contributed by atoms with Crippen LogP contribution in [0.1, 0.15) is 18.4 Å². The van der Waals surface area contributed by atoms with Gasteiger partial charge in [-0.2, -0.15) is 0 Å². The van der Waals surface area contributed by atoms with Crippen LogP contribution in [0.5, 0.6) is 0 Å². The van der Waals surface area contributed by atoms with E-state index in [4.69, 9.17) is 0 Å². The van der Waals surface area contributed by atoms with E-state index in [1.807, 2.05) is 30.3 Å². The average molecular weight is 424 g/mol. The lowest BCUT2D eigenvalue weighted by atomic mass is 9.93. The molecule has 2 atom stereocenters. The zero-order chi connectivity index (χ0) is 21.8. The number of rotatable bonds is 6. The lowest BCUT2D eigenvalue weighted by Gasteiger charge is -2.46. The smallest absolute Gasteiger partial charge is 0.325 e. The van der Waals surface area contributed by atoms with Crippen LogP contribution in [0.25, 0.3) is 0 Å². The summed E-state index contributed by atoms with van der Waals surface area (Å²) in [5, 5.41) is 5.91. The molecule has 0 radical (unpaired) electrons. The summed E-state index contributed by atoms with van der Waals surface area (Å²) in [6, 6.07) is 13.8. The lowest BCUT2D eigenvalue weighted by molar-refractivity contribution is -0.138. The highest BCUT2D eigenvalue weighted by Gasteiger charge is 2.47. The number of fused-ring (bicyclic) bond motifs is 1. The van der Waals surface area contributed by atoms with Gasteiger partial charge < -0.3 is 15.5 Å². The molecule has 2 heterocycles. The second kappa shape index (κ2) is 9.26. The molecule has 0 aliphatic carbocycles. The van der Waals surface area contributed by atoms with Crippen LogP contribution in [-0.2, 0) is 16.0 Å². The molecular formula is C23H25FN4O3. The number of anilines is 1. The molecule has 31 heavy (non-hydrogen) atoms. The van der Waals surface area contributed by atoms with Crippen LogP contribution < -0.4 is 10.6 Å². The van der Waals surface area contributed by atoms with Crippen molar-refractivity contribution in [1.29, 1.82) is 0 Å². The molecule has 2 aliphatic heterocycles. The maximum Gasteiger partial charge on any atom is 0.327 e. The third-order valence-electron chi connectivity index (χ3n) is 5.74. The molecule has 0 spiro atoms. The Labute approximate surface area is 180 Å². The van der Waals surface area contributed by atoms with Crippen molar-refractivity contribution >= 4 is 23.5 Å². The number of hydrogen-bond acceptors (Lipinski definition) is 4. The highest BCUT2D eigenvalue weighted by molar-refractivity contribution is 6.02. The Hall–Kier alpha value is -3.26. The number of hydrogen-bond donors (Lipinski definition) is 2. The Bertz CT molecular complexity index is 951. The molecule has 2 fully saturated rings. The van der Waals surface area contributed by atoms with Crippen LogP contribution >= 0.6 is 0 Å². The van der Waals surface area contributed by atoms with E-state index >= 15 is 0 Å². The first-order chi connectivity index (χ1) is 15.0. The van der Waals surface area contributed by atoms with Crippen molar-refractivity contribution in [3.8, 4) is 0 Å². The number of amides is 4. The first-order valence-electron chi connectivity index (χ1n) is 10.5. The van der Waals surface area contributed by atoms with Crippen LogP contribution in [-0.4, -0.2) is 59.4 Å². The number of nitrogens with zero attached hydrogens (tertiary/aromatic N) is 2. The van der Waals surface area contributed by atoms with Crippen LogP contribution in [0.15, 0.2) is 54.6 Å². The second-order valence-corrected chi connectivity index (χ2v) is 7.83. The quantitative estimate of drug-likeness (QED) is 0.746. The van der Waals surface area contributed by atoms with Crippen molar-refractivity contribution < 1.29 is 18.8 Å². The Morgan fingerprint density at radius 1 is 1.10 bits per heavy atom. The largest absolute Gasteiger partial charge is 0.327 e. The van der Waals surface area contributed by atoms with Crippen LogP contribution in [0.4, 0.5) is 14.9 Å². The van der Waals surface area contributed by atoms with Crippen molar-refractivity contribution in [2.45, 2.75) is 31.3 Å². The fourth-order valence-corrected chi connectivity index (χ4v) is 4.18. The van der Waals surface area contributed by atoms with Gasteiger partial charge in [-0.1, -0.05) is 30.3 Å². The summed E-state index contributed by atoms with van der Waals surface area (Å²) in [5.74, 6) is -1.02. The third kappa shape index (κ3) is 4.74.